The molecule has 2 atom stereocenters. The number of halogens is 1. The molecule has 1 amide bonds. The number of benzene rings is 4. The number of carboxylic acid groups (broad SMARTS) is 1. The Bertz CT molecular complexity index is 1550. The number of nitrogens with zero attached hydrogens (tertiary/aromatic N) is 3. The summed E-state index contributed by atoms with van der Waals surface area (Å²) in [5, 5.41) is 15.5. The molecule has 224 valence electrons. The Morgan fingerprint density at radius 1 is 0.884 bits per heavy atom. The summed E-state index contributed by atoms with van der Waals surface area (Å²) in [4.78, 5) is 33.2. The van der Waals surface area contributed by atoms with Crippen LogP contribution in [-0.2, 0) is 44.4 Å². The molecule has 0 radical (unpaired) electrons. The molecule has 0 spiro atoms. The summed E-state index contributed by atoms with van der Waals surface area (Å²) < 4.78 is 0. The number of aliphatic carboxylic acids is 1. The number of carbonyl (C=O) groups excluding carboxylic acids is 1. The van der Waals surface area contributed by atoms with Gasteiger partial charge in [0.15, 0.2) is 6.04 Å². The number of para-hydroxylation sites is 1. The van der Waals surface area contributed by atoms with E-state index in [1.54, 1.807) is 6.07 Å². The number of rotatable bonds is 11. The standard InChI is InChI=1S/C35H34BrN3O3.Ni/c36-23-28-17-8-7-16-27(28)22-31(35(41)42)37-33(26-14-5-2-6-15-26)29-18-9-10-19-30(29)38-34(40)32-20-11-21-39(32)24-25-12-3-1-4-13-25;/h1-10,12-19,31-32H,11,20-24H2,(H2,37,38,40,41,42);/p-1/t31-,32-;/m0./s1. The van der Waals surface area contributed by atoms with Gasteiger partial charge in [0.2, 0.25) is 0 Å². The Morgan fingerprint density at radius 3 is 2.21 bits per heavy atom. The minimum Gasteiger partial charge on any atom is -0.625 e. The first-order valence-electron chi connectivity index (χ1n) is 14.1. The van der Waals surface area contributed by atoms with E-state index in [2.05, 4.69) is 38.3 Å². The van der Waals surface area contributed by atoms with Gasteiger partial charge in [-0.2, -0.15) is 0 Å². The molecule has 4 aromatic carbocycles. The average Bonchev–Trinajstić information content (AvgIpc) is 3.49. The van der Waals surface area contributed by atoms with Crippen LogP contribution in [0.5, 0.6) is 0 Å². The number of carboxylic acids is 1. The smallest absolute Gasteiger partial charge is 0.328 e. The number of amides is 1. The van der Waals surface area contributed by atoms with Gasteiger partial charge in [-0.25, -0.2) is 4.79 Å². The van der Waals surface area contributed by atoms with E-state index in [4.69, 9.17) is 4.99 Å². The second kappa shape index (κ2) is 15.8. The second-order valence-electron chi connectivity index (χ2n) is 10.4. The van der Waals surface area contributed by atoms with Crippen LogP contribution in [0.15, 0.2) is 114 Å². The SMILES string of the molecule is O=C(O)[C@H](Cc1ccccc1CBr)N=C(c1ccccc1)c1ccccc1[N-]C(=O)[C@@H]1CCCN1Cc1ccccc1.[Ni]. The van der Waals surface area contributed by atoms with Gasteiger partial charge in [0.05, 0.1) is 17.7 Å². The van der Waals surface area contributed by atoms with Gasteiger partial charge in [-0.15, -0.1) is 5.69 Å². The Kier molecular flexibility index (Phi) is 11.9. The first-order valence-corrected chi connectivity index (χ1v) is 15.3. The van der Waals surface area contributed by atoms with Crippen LogP contribution in [0.4, 0.5) is 5.69 Å². The van der Waals surface area contributed by atoms with Crippen molar-refractivity contribution in [3.63, 3.8) is 0 Å². The second-order valence-corrected chi connectivity index (χ2v) is 10.9. The molecule has 5 rings (SSSR count). The van der Waals surface area contributed by atoms with E-state index in [1.165, 1.54) is 0 Å². The number of likely N-dealkylation sites (tertiary alicyclic amines) is 1. The van der Waals surface area contributed by atoms with Gasteiger partial charge < -0.3 is 15.2 Å². The third kappa shape index (κ3) is 8.29. The predicted octanol–water partition coefficient (Wildman–Crippen LogP) is 7.31. The summed E-state index contributed by atoms with van der Waals surface area (Å²) in [6.07, 6.45) is 1.93. The van der Waals surface area contributed by atoms with Crippen molar-refractivity contribution in [3.05, 3.63) is 142 Å². The molecule has 0 aliphatic carbocycles. The topological polar surface area (TPSA) is 84.1 Å². The van der Waals surface area contributed by atoms with E-state index >= 15 is 0 Å². The monoisotopic (exact) mass is 680 g/mol. The molecule has 1 aliphatic heterocycles. The zero-order valence-corrected chi connectivity index (χ0v) is 26.2. The summed E-state index contributed by atoms with van der Waals surface area (Å²) in [7, 11) is 0. The minimum absolute atomic E-state index is 0. The summed E-state index contributed by atoms with van der Waals surface area (Å²) in [6.45, 7) is 1.54. The average molecular weight is 682 g/mol. The fourth-order valence-corrected chi connectivity index (χ4v) is 5.96. The summed E-state index contributed by atoms with van der Waals surface area (Å²) in [6, 6.07) is 33.5. The Hall–Kier alpha value is -3.58. The van der Waals surface area contributed by atoms with E-state index < -0.39 is 12.0 Å². The molecule has 0 unspecified atom stereocenters. The van der Waals surface area contributed by atoms with E-state index in [-0.39, 0.29) is 34.9 Å². The molecule has 1 N–H and O–H groups in total. The number of hydrogen-bond acceptors (Lipinski definition) is 4. The van der Waals surface area contributed by atoms with E-state index in [9.17, 15) is 14.7 Å². The van der Waals surface area contributed by atoms with Crippen molar-refractivity contribution in [2.75, 3.05) is 6.54 Å². The molecular formula is C35H33BrN3NiO3-. The van der Waals surface area contributed by atoms with Gasteiger partial charge in [0.1, 0.15) is 0 Å². The third-order valence-electron chi connectivity index (χ3n) is 7.56. The molecule has 1 saturated heterocycles. The molecule has 0 saturated carbocycles. The van der Waals surface area contributed by atoms with Crippen LogP contribution in [0.3, 0.4) is 0 Å². The molecule has 8 heteroatoms. The first-order chi connectivity index (χ1) is 20.5. The fraction of sp³-hybridized carbons (Fsp3) is 0.229. The molecule has 0 bridgehead atoms. The van der Waals surface area contributed by atoms with E-state index in [1.807, 2.05) is 91.0 Å². The van der Waals surface area contributed by atoms with E-state index in [0.717, 1.165) is 41.6 Å². The molecule has 1 heterocycles. The number of aliphatic imine (C=N–C) groups is 1. The maximum absolute atomic E-state index is 13.6. The van der Waals surface area contributed by atoms with Crippen molar-refractivity contribution in [3.8, 4) is 0 Å². The molecule has 0 aromatic heterocycles. The molecule has 4 aromatic rings. The van der Waals surface area contributed by atoms with Crippen LogP contribution in [0.2, 0.25) is 0 Å². The van der Waals surface area contributed by atoms with Crippen molar-refractivity contribution in [2.24, 2.45) is 4.99 Å². The Balaban J connectivity index is 0.00000423. The molecule has 6 nitrogen and oxygen atoms in total. The summed E-state index contributed by atoms with van der Waals surface area (Å²) in [5.74, 6) is -1.20. The van der Waals surface area contributed by atoms with Crippen molar-refractivity contribution in [2.45, 2.75) is 43.2 Å². The summed E-state index contributed by atoms with van der Waals surface area (Å²) >= 11 is 3.51. The van der Waals surface area contributed by atoms with Crippen LogP contribution < -0.4 is 0 Å². The zero-order valence-electron chi connectivity index (χ0n) is 23.6. The van der Waals surface area contributed by atoms with Crippen molar-refractivity contribution >= 4 is 39.2 Å². The molecule has 1 fully saturated rings. The van der Waals surface area contributed by atoms with Crippen LogP contribution in [0, 0.1) is 0 Å². The third-order valence-corrected chi connectivity index (χ3v) is 8.16. The minimum atomic E-state index is -1.03. The van der Waals surface area contributed by atoms with Gasteiger partial charge in [-0.1, -0.05) is 125 Å². The number of carbonyl (C=O) groups is 2. The first kappa shape index (κ1) is 32.3. The summed E-state index contributed by atoms with van der Waals surface area (Å²) in [5.41, 5.74) is 5.49. The van der Waals surface area contributed by atoms with Crippen molar-refractivity contribution < 1.29 is 31.2 Å². The maximum Gasteiger partial charge on any atom is 0.328 e. The number of alkyl halides is 1. The van der Waals surface area contributed by atoms with Gasteiger partial charge in [0.25, 0.3) is 0 Å². The Labute approximate surface area is 271 Å². The van der Waals surface area contributed by atoms with Gasteiger partial charge in [-0.3, -0.25) is 9.89 Å². The fourth-order valence-electron chi connectivity index (χ4n) is 5.41. The van der Waals surface area contributed by atoms with Crippen molar-refractivity contribution in [1.82, 2.24) is 4.90 Å². The van der Waals surface area contributed by atoms with Crippen LogP contribution in [-0.4, -0.2) is 46.2 Å². The van der Waals surface area contributed by atoms with Gasteiger partial charge in [-0.05, 0) is 41.6 Å². The Morgan fingerprint density at radius 2 is 1.51 bits per heavy atom. The molecule has 43 heavy (non-hydrogen) atoms. The van der Waals surface area contributed by atoms with Gasteiger partial charge in [0, 0.05) is 40.4 Å². The van der Waals surface area contributed by atoms with Gasteiger partial charge >= 0.3 is 5.97 Å². The predicted molar refractivity (Wildman–Crippen MR) is 171 cm³/mol. The quantitative estimate of drug-likeness (QED) is 0.102. The van der Waals surface area contributed by atoms with E-state index in [0.29, 0.717) is 28.8 Å². The van der Waals surface area contributed by atoms with Crippen LogP contribution in [0.25, 0.3) is 5.32 Å². The normalized spacial score (nSPS) is 15.8. The maximum atomic E-state index is 13.6. The molecular weight excluding hydrogens is 649 g/mol. The van der Waals surface area contributed by atoms with Crippen LogP contribution >= 0.6 is 15.9 Å². The number of hydrogen-bond donors (Lipinski definition) is 1. The van der Waals surface area contributed by atoms with Crippen LogP contribution in [0.1, 0.15) is 40.7 Å². The zero-order chi connectivity index (χ0) is 29.3. The van der Waals surface area contributed by atoms with Crippen molar-refractivity contribution in [1.29, 1.82) is 0 Å². The largest absolute Gasteiger partial charge is 0.625 e. The molecule has 1 aliphatic rings.